The fraction of sp³-hybridized carbons (Fsp3) is 0.250. The highest BCUT2D eigenvalue weighted by Crippen LogP contribution is 2.10. The van der Waals surface area contributed by atoms with Crippen LogP contribution in [0, 0.1) is 6.92 Å². The van der Waals surface area contributed by atoms with Crippen molar-refractivity contribution in [2.24, 2.45) is 0 Å². The van der Waals surface area contributed by atoms with Crippen molar-refractivity contribution in [1.29, 1.82) is 0 Å². The Balaban J connectivity index is 2.19. The molecule has 0 fully saturated rings. The molecule has 1 N–H and O–H groups in total. The summed E-state index contributed by atoms with van der Waals surface area (Å²) in [5.74, 6) is -1.24. The van der Waals surface area contributed by atoms with Crippen LogP contribution in [-0.2, 0) is 11.3 Å². The summed E-state index contributed by atoms with van der Waals surface area (Å²) in [6.07, 6.45) is 1.23. The fourth-order valence-electron chi connectivity index (χ4n) is 2.02. The summed E-state index contributed by atoms with van der Waals surface area (Å²) >= 11 is 0. The number of amides is 1. The van der Waals surface area contributed by atoms with Crippen molar-refractivity contribution in [3.05, 3.63) is 59.7 Å². The quantitative estimate of drug-likeness (QED) is 0.880. The molecule has 1 aromatic carbocycles. The third-order valence-electron chi connectivity index (χ3n) is 3.12. The van der Waals surface area contributed by atoms with Crippen LogP contribution in [0.25, 0.3) is 0 Å². The Morgan fingerprint density at radius 2 is 1.91 bits per heavy atom. The molecule has 1 amide bonds. The van der Waals surface area contributed by atoms with E-state index in [9.17, 15) is 9.59 Å². The van der Waals surface area contributed by atoms with Gasteiger partial charge in [-0.1, -0.05) is 30.3 Å². The van der Waals surface area contributed by atoms with Gasteiger partial charge < -0.3 is 10.0 Å². The van der Waals surface area contributed by atoms with E-state index in [-0.39, 0.29) is 24.6 Å². The highest BCUT2D eigenvalue weighted by Gasteiger charge is 2.18. The number of carboxylic acid groups (broad SMARTS) is 1. The van der Waals surface area contributed by atoms with E-state index in [1.165, 1.54) is 11.2 Å². The SMILES string of the molecule is Cc1cc(C(=O)N(CCC(=O)O)Cc2ccccc2)ncn1. The molecule has 0 saturated heterocycles. The van der Waals surface area contributed by atoms with E-state index in [0.29, 0.717) is 12.2 Å². The molecule has 0 saturated carbocycles. The number of aromatic nitrogens is 2. The minimum atomic E-state index is -0.940. The van der Waals surface area contributed by atoms with Crippen molar-refractivity contribution in [1.82, 2.24) is 14.9 Å². The first-order chi connectivity index (χ1) is 10.6. The van der Waals surface area contributed by atoms with E-state index in [2.05, 4.69) is 9.97 Å². The highest BCUT2D eigenvalue weighted by atomic mass is 16.4. The maximum absolute atomic E-state index is 12.6. The van der Waals surface area contributed by atoms with Crippen molar-refractivity contribution in [3.8, 4) is 0 Å². The first-order valence-corrected chi connectivity index (χ1v) is 6.90. The summed E-state index contributed by atoms with van der Waals surface area (Å²) in [4.78, 5) is 32.8. The molecule has 0 spiro atoms. The number of carboxylic acids is 1. The molecule has 0 aliphatic carbocycles. The van der Waals surface area contributed by atoms with Gasteiger partial charge in [-0.25, -0.2) is 9.97 Å². The average molecular weight is 299 g/mol. The average Bonchev–Trinajstić information content (AvgIpc) is 2.51. The number of aliphatic carboxylic acids is 1. The summed E-state index contributed by atoms with van der Waals surface area (Å²) in [5.41, 5.74) is 1.90. The number of hydrogen-bond acceptors (Lipinski definition) is 4. The van der Waals surface area contributed by atoms with Crippen LogP contribution in [0.4, 0.5) is 0 Å². The smallest absolute Gasteiger partial charge is 0.305 e. The largest absolute Gasteiger partial charge is 0.481 e. The second-order valence-corrected chi connectivity index (χ2v) is 4.90. The Morgan fingerprint density at radius 1 is 1.18 bits per heavy atom. The molecule has 6 heteroatoms. The molecular formula is C16H17N3O3. The van der Waals surface area contributed by atoms with Crippen LogP contribution in [0.3, 0.4) is 0 Å². The Morgan fingerprint density at radius 3 is 2.55 bits per heavy atom. The summed E-state index contributed by atoms with van der Waals surface area (Å²) < 4.78 is 0. The lowest BCUT2D eigenvalue weighted by Crippen LogP contribution is -2.33. The number of benzene rings is 1. The number of nitrogens with zero attached hydrogens (tertiary/aromatic N) is 3. The van der Waals surface area contributed by atoms with E-state index in [0.717, 1.165) is 5.56 Å². The van der Waals surface area contributed by atoms with E-state index in [4.69, 9.17) is 5.11 Å². The van der Waals surface area contributed by atoms with Gasteiger partial charge in [-0.2, -0.15) is 0 Å². The van der Waals surface area contributed by atoms with Crippen LogP contribution in [0.15, 0.2) is 42.7 Å². The molecule has 22 heavy (non-hydrogen) atoms. The highest BCUT2D eigenvalue weighted by molar-refractivity contribution is 5.92. The molecule has 0 atom stereocenters. The zero-order chi connectivity index (χ0) is 15.9. The second-order valence-electron chi connectivity index (χ2n) is 4.90. The van der Waals surface area contributed by atoms with E-state index >= 15 is 0 Å². The summed E-state index contributed by atoms with van der Waals surface area (Å²) in [6.45, 7) is 2.25. The van der Waals surface area contributed by atoms with Crippen LogP contribution in [0.2, 0.25) is 0 Å². The topological polar surface area (TPSA) is 83.4 Å². The molecule has 0 aliphatic rings. The van der Waals surface area contributed by atoms with Gasteiger partial charge in [-0.15, -0.1) is 0 Å². The molecule has 2 rings (SSSR count). The van der Waals surface area contributed by atoms with Crippen molar-refractivity contribution < 1.29 is 14.7 Å². The third kappa shape index (κ3) is 4.37. The lowest BCUT2D eigenvalue weighted by atomic mass is 10.2. The predicted octanol–water partition coefficient (Wildman–Crippen LogP) is 1.90. The number of hydrogen-bond donors (Lipinski definition) is 1. The minimum Gasteiger partial charge on any atom is -0.481 e. The van der Waals surface area contributed by atoms with Crippen LogP contribution in [-0.4, -0.2) is 38.4 Å². The molecule has 114 valence electrons. The monoisotopic (exact) mass is 299 g/mol. The number of carbonyl (C=O) groups is 2. The standard InChI is InChI=1S/C16H17N3O3/c1-12-9-14(18-11-17-12)16(22)19(8-7-15(20)21)10-13-5-3-2-4-6-13/h2-6,9,11H,7-8,10H2,1H3,(H,20,21). The molecule has 1 heterocycles. The molecule has 6 nitrogen and oxygen atoms in total. The first kappa shape index (κ1) is 15.6. The normalized spacial score (nSPS) is 10.2. The first-order valence-electron chi connectivity index (χ1n) is 6.90. The maximum atomic E-state index is 12.6. The maximum Gasteiger partial charge on any atom is 0.305 e. The predicted molar refractivity (Wildman–Crippen MR) is 80.2 cm³/mol. The molecule has 0 aliphatic heterocycles. The van der Waals surface area contributed by atoms with Crippen LogP contribution >= 0.6 is 0 Å². The molecule has 1 aromatic heterocycles. The summed E-state index contributed by atoms with van der Waals surface area (Å²) in [5, 5.41) is 8.86. The second kappa shape index (κ2) is 7.31. The molecule has 2 aromatic rings. The van der Waals surface area contributed by atoms with Gasteiger partial charge in [0.05, 0.1) is 6.42 Å². The van der Waals surface area contributed by atoms with Crippen molar-refractivity contribution in [2.75, 3.05) is 6.54 Å². The Labute approximate surface area is 128 Å². The Bertz CT molecular complexity index is 659. The number of aryl methyl sites for hydroxylation is 1. The summed E-state index contributed by atoms with van der Waals surface area (Å²) in [7, 11) is 0. The van der Waals surface area contributed by atoms with Crippen LogP contribution < -0.4 is 0 Å². The molecule has 0 radical (unpaired) electrons. The fourth-order valence-corrected chi connectivity index (χ4v) is 2.02. The summed E-state index contributed by atoms with van der Waals surface area (Å²) in [6, 6.07) is 11.0. The van der Waals surface area contributed by atoms with Crippen molar-refractivity contribution in [3.63, 3.8) is 0 Å². The van der Waals surface area contributed by atoms with E-state index in [1.54, 1.807) is 13.0 Å². The van der Waals surface area contributed by atoms with Gasteiger partial charge >= 0.3 is 5.97 Å². The lowest BCUT2D eigenvalue weighted by Gasteiger charge is -2.21. The van der Waals surface area contributed by atoms with Crippen LogP contribution in [0.5, 0.6) is 0 Å². The van der Waals surface area contributed by atoms with Gasteiger partial charge in [0.15, 0.2) is 0 Å². The number of rotatable bonds is 6. The van der Waals surface area contributed by atoms with E-state index in [1.807, 2.05) is 30.3 Å². The Kier molecular flexibility index (Phi) is 5.19. The minimum absolute atomic E-state index is 0.108. The van der Waals surface area contributed by atoms with Crippen molar-refractivity contribution in [2.45, 2.75) is 19.9 Å². The third-order valence-corrected chi connectivity index (χ3v) is 3.12. The van der Waals surface area contributed by atoms with Gasteiger partial charge in [0.2, 0.25) is 0 Å². The zero-order valence-corrected chi connectivity index (χ0v) is 12.3. The lowest BCUT2D eigenvalue weighted by molar-refractivity contribution is -0.137. The van der Waals surface area contributed by atoms with Gasteiger partial charge in [0.25, 0.3) is 5.91 Å². The molecule has 0 unspecified atom stereocenters. The van der Waals surface area contributed by atoms with Crippen molar-refractivity contribution >= 4 is 11.9 Å². The number of carbonyl (C=O) groups excluding carboxylic acids is 1. The van der Waals surface area contributed by atoms with Crippen LogP contribution in [0.1, 0.15) is 28.2 Å². The molecule has 0 bridgehead atoms. The molecular weight excluding hydrogens is 282 g/mol. The van der Waals surface area contributed by atoms with E-state index < -0.39 is 5.97 Å². The van der Waals surface area contributed by atoms with Gasteiger partial charge in [0, 0.05) is 18.8 Å². The zero-order valence-electron chi connectivity index (χ0n) is 12.3. The van der Waals surface area contributed by atoms with Gasteiger partial charge in [-0.3, -0.25) is 9.59 Å². The Hall–Kier alpha value is -2.76. The van der Waals surface area contributed by atoms with Gasteiger partial charge in [0.1, 0.15) is 12.0 Å². The van der Waals surface area contributed by atoms with Gasteiger partial charge in [-0.05, 0) is 18.6 Å².